The van der Waals surface area contributed by atoms with Crippen molar-refractivity contribution in [2.24, 2.45) is 23.0 Å². The third kappa shape index (κ3) is 2.99. The summed E-state index contributed by atoms with van der Waals surface area (Å²) in [5.41, 5.74) is 8.32. The van der Waals surface area contributed by atoms with Crippen LogP contribution in [0.2, 0.25) is 0 Å². The van der Waals surface area contributed by atoms with E-state index in [-0.39, 0.29) is 29.7 Å². The van der Waals surface area contributed by atoms with Gasteiger partial charge in [0.15, 0.2) is 0 Å². The van der Waals surface area contributed by atoms with Crippen LogP contribution in [-0.4, -0.2) is 46.7 Å². The fraction of sp³-hybridized carbons (Fsp3) is 0.583. The smallest absolute Gasteiger partial charge is 0.262 e. The second-order valence-electron chi connectivity index (χ2n) is 10.9. The zero-order valence-corrected chi connectivity index (χ0v) is 18.0. The third-order valence-corrected chi connectivity index (χ3v) is 8.33. The number of hydrogen-bond donors (Lipinski definition) is 3. The van der Waals surface area contributed by atoms with Crippen molar-refractivity contribution in [2.45, 2.75) is 62.9 Å². The van der Waals surface area contributed by atoms with Crippen molar-refractivity contribution in [2.75, 3.05) is 11.9 Å². The molecule has 0 aromatic heterocycles. The van der Waals surface area contributed by atoms with E-state index in [9.17, 15) is 19.2 Å². The van der Waals surface area contributed by atoms with Gasteiger partial charge in [-0.1, -0.05) is 0 Å². The molecule has 3 atom stereocenters. The van der Waals surface area contributed by atoms with Gasteiger partial charge in [0.25, 0.3) is 11.8 Å². The second-order valence-corrected chi connectivity index (χ2v) is 10.9. The highest BCUT2D eigenvalue weighted by molar-refractivity contribution is 6.23. The molecule has 8 nitrogen and oxygen atoms in total. The summed E-state index contributed by atoms with van der Waals surface area (Å²) in [6, 6.07) is 4.27. The molecule has 32 heavy (non-hydrogen) atoms. The molecule has 1 aromatic carbocycles. The lowest BCUT2D eigenvalue weighted by atomic mass is 9.47. The average Bonchev–Trinajstić information content (AvgIpc) is 2.95. The topological polar surface area (TPSA) is 122 Å². The molecule has 4 aliphatic carbocycles. The maximum absolute atomic E-state index is 13.0. The van der Waals surface area contributed by atoms with Gasteiger partial charge < -0.3 is 11.1 Å². The van der Waals surface area contributed by atoms with E-state index in [1.165, 1.54) is 19.3 Å². The molecule has 4 N–H and O–H groups in total. The van der Waals surface area contributed by atoms with Gasteiger partial charge in [-0.25, -0.2) is 0 Å². The highest BCUT2D eigenvalue weighted by Crippen LogP contribution is 2.60. The van der Waals surface area contributed by atoms with E-state index >= 15 is 0 Å². The lowest BCUT2D eigenvalue weighted by Gasteiger charge is -2.61. The minimum absolute atomic E-state index is 0.0193. The first kappa shape index (κ1) is 19.9. The van der Waals surface area contributed by atoms with Crippen LogP contribution < -0.4 is 16.4 Å². The van der Waals surface area contributed by atoms with Gasteiger partial charge in [0.05, 0.1) is 11.1 Å². The quantitative estimate of drug-likeness (QED) is 0.619. The zero-order valence-electron chi connectivity index (χ0n) is 18.0. The molecule has 4 saturated carbocycles. The van der Waals surface area contributed by atoms with E-state index in [0.29, 0.717) is 11.1 Å². The summed E-state index contributed by atoms with van der Waals surface area (Å²) in [6.07, 6.45) is 7.35. The number of piperidine rings is 1. The fourth-order valence-corrected chi connectivity index (χ4v) is 7.60. The number of fused-ring (bicyclic) bond motifs is 1. The Bertz CT molecular complexity index is 1050. The Morgan fingerprint density at radius 2 is 1.75 bits per heavy atom. The van der Waals surface area contributed by atoms with Crippen LogP contribution in [0.3, 0.4) is 0 Å². The van der Waals surface area contributed by atoms with Gasteiger partial charge in [0, 0.05) is 24.2 Å². The molecule has 4 amide bonds. The van der Waals surface area contributed by atoms with Crippen LogP contribution in [0, 0.1) is 17.3 Å². The number of rotatable bonds is 4. The summed E-state index contributed by atoms with van der Waals surface area (Å²) in [6.45, 7) is 0.816. The van der Waals surface area contributed by atoms with E-state index in [2.05, 4.69) is 10.6 Å². The first-order valence-corrected chi connectivity index (χ1v) is 11.6. The Labute approximate surface area is 186 Å². The summed E-state index contributed by atoms with van der Waals surface area (Å²) in [5, 5.41) is 5.76. The van der Waals surface area contributed by atoms with Crippen molar-refractivity contribution in [3.05, 3.63) is 29.3 Å². The molecule has 6 aliphatic rings. The highest BCUT2D eigenvalue weighted by Gasteiger charge is 2.56. The fourth-order valence-electron chi connectivity index (χ4n) is 7.60. The van der Waals surface area contributed by atoms with E-state index in [4.69, 9.17) is 5.73 Å². The number of nitrogens with zero attached hydrogens (tertiary/aromatic N) is 1. The predicted octanol–water partition coefficient (Wildman–Crippen LogP) is 1.80. The van der Waals surface area contributed by atoms with Crippen molar-refractivity contribution >= 4 is 29.3 Å². The minimum atomic E-state index is -0.940. The summed E-state index contributed by atoms with van der Waals surface area (Å²) < 4.78 is 0. The maximum atomic E-state index is 13.0. The van der Waals surface area contributed by atoms with Crippen LogP contribution in [0.4, 0.5) is 5.69 Å². The Morgan fingerprint density at radius 1 is 1.03 bits per heavy atom. The molecule has 1 saturated heterocycles. The largest absolute Gasteiger partial charge is 0.384 e. The average molecular weight is 437 g/mol. The van der Waals surface area contributed by atoms with E-state index in [0.717, 1.165) is 48.2 Å². The number of nitrogens with one attached hydrogen (secondary N) is 2. The van der Waals surface area contributed by atoms with Crippen LogP contribution in [0.5, 0.6) is 0 Å². The molecule has 7 rings (SSSR count). The molecule has 8 heteroatoms. The van der Waals surface area contributed by atoms with Crippen LogP contribution in [-0.2, 0) is 9.59 Å². The Morgan fingerprint density at radius 3 is 2.44 bits per heavy atom. The molecule has 2 aliphatic heterocycles. The molecule has 3 unspecified atom stereocenters. The summed E-state index contributed by atoms with van der Waals surface area (Å²) in [5.74, 6) is -0.463. The van der Waals surface area contributed by atoms with Crippen LogP contribution in [0.25, 0.3) is 0 Å². The molecule has 168 valence electrons. The SMILES string of the molecule is NC12CC3CC(C1)CC(CNc1ccc4c(c1)C(=O)N(C1CCC(=O)NC1=O)C4=O)(C3)C2. The van der Waals surface area contributed by atoms with Crippen LogP contribution in [0.15, 0.2) is 18.2 Å². The van der Waals surface area contributed by atoms with Gasteiger partial charge in [0.2, 0.25) is 11.8 Å². The van der Waals surface area contributed by atoms with Crippen molar-refractivity contribution in [1.82, 2.24) is 10.2 Å². The number of carbonyl (C=O) groups excluding carboxylic acids is 4. The predicted molar refractivity (Wildman–Crippen MR) is 116 cm³/mol. The number of hydrogen-bond acceptors (Lipinski definition) is 6. The number of anilines is 1. The van der Waals surface area contributed by atoms with Gasteiger partial charge >= 0.3 is 0 Å². The summed E-state index contributed by atoms with van der Waals surface area (Å²) >= 11 is 0. The minimum Gasteiger partial charge on any atom is -0.384 e. The van der Waals surface area contributed by atoms with E-state index in [1.54, 1.807) is 12.1 Å². The van der Waals surface area contributed by atoms with Gasteiger partial charge in [-0.05, 0) is 80.4 Å². The van der Waals surface area contributed by atoms with Gasteiger partial charge in [-0.15, -0.1) is 0 Å². The van der Waals surface area contributed by atoms with Crippen molar-refractivity contribution in [3.8, 4) is 0 Å². The van der Waals surface area contributed by atoms with Crippen LogP contribution in [0.1, 0.15) is 72.1 Å². The number of carbonyl (C=O) groups is 4. The third-order valence-electron chi connectivity index (χ3n) is 8.33. The Kier molecular flexibility index (Phi) is 4.13. The number of nitrogens with two attached hydrogens (primary N) is 1. The van der Waals surface area contributed by atoms with Crippen molar-refractivity contribution in [3.63, 3.8) is 0 Å². The standard InChI is InChI=1S/C24H28N4O4/c25-24-9-13-5-14(10-24)8-23(7-13,11-24)12-26-15-1-2-16-17(6-15)22(32)28(21(16)31)18-3-4-19(29)27-20(18)30/h1-2,6,13-14,18,26H,3-5,7-12,25H2,(H,27,29,30). The zero-order chi connectivity index (χ0) is 22.3. The molecular formula is C24H28N4O4. The lowest BCUT2D eigenvalue weighted by molar-refractivity contribution is -0.136. The van der Waals surface area contributed by atoms with E-state index in [1.807, 2.05) is 6.07 Å². The van der Waals surface area contributed by atoms with E-state index < -0.39 is 23.8 Å². The monoisotopic (exact) mass is 436 g/mol. The van der Waals surface area contributed by atoms with Crippen molar-refractivity contribution in [1.29, 1.82) is 0 Å². The van der Waals surface area contributed by atoms with Gasteiger partial charge in [-0.2, -0.15) is 0 Å². The summed E-state index contributed by atoms with van der Waals surface area (Å²) in [7, 11) is 0. The Hall–Kier alpha value is -2.74. The van der Waals surface area contributed by atoms with Gasteiger partial charge in [-0.3, -0.25) is 29.4 Å². The molecular weight excluding hydrogens is 408 g/mol. The molecule has 1 aromatic rings. The molecule has 0 radical (unpaired) electrons. The summed E-state index contributed by atoms with van der Waals surface area (Å²) in [4.78, 5) is 50.6. The lowest BCUT2D eigenvalue weighted by Crippen LogP contribution is -2.61. The van der Waals surface area contributed by atoms with Gasteiger partial charge in [0.1, 0.15) is 6.04 Å². The molecule has 0 spiro atoms. The highest BCUT2D eigenvalue weighted by atomic mass is 16.2. The first-order valence-electron chi connectivity index (χ1n) is 11.6. The number of imide groups is 2. The molecule has 5 fully saturated rings. The maximum Gasteiger partial charge on any atom is 0.262 e. The second kappa shape index (κ2) is 6.63. The normalized spacial score (nSPS) is 37.7. The van der Waals surface area contributed by atoms with Crippen molar-refractivity contribution < 1.29 is 19.2 Å². The van der Waals surface area contributed by atoms with Crippen LogP contribution >= 0.6 is 0 Å². The number of benzene rings is 1. The first-order chi connectivity index (χ1) is 15.2. The molecule has 4 bridgehead atoms. The molecule has 2 heterocycles. The number of amides is 4. The Balaban J connectivity index is 1.20.